The molecule has 1 aliphatic heterocycles. The minimum Gasteiger partial charge on any atom is -0.460 e. The average molecular weight is 398 g/mol. The molecule has 1 unspecified atom stereocenters. The standard InChI is InChI=1S/C12H10O6.C6H12O4/c13-5-8-2-1-3-9(4-8)11(14)16-6-10-7-17-12(15)18-10;1-8-3-6(4-9-2)10-5-7/h1-5,10H,6-7H2;5-6H,3-4H2,1-2H3. The summed E-state index contributed by atoms with van der Waals surface area (Å²) >= 11 is 0. The summed E-state index contributed by atoms with van der Waals surface area (Å²) in [5.41, 5.74) is 0.657. The Morgan fingerprint density at radius 1 is 1.25 bits per heavy atom. The highest BCUT2D eigenvalue weighted by Crippen LogP contribution is 2.09. The lowest BCUT2D eigenvalue weighted by molar-refractivity contribution is -0.139. The minimum absolute atomic E-state index is 0.0699. The van der Waals surface area contributed by atoms with Crippen LogP contribution in [0.4, 0.5) is 4.79 Å². The molecule has 0 spiro atoms. The summed E-state index contributed by atoms with van der Waals surface area (Å²) in [7, 11) is 3.08. The van der Waals surface area contributed by atoms with Crippen molar-refractivity contribution in [3.8, 4) is 0 Å². The van der Waals surface area contributed by atoms with Gasteiger partial charge in [-0.2, -0.15) is 0 Å². The normalized spacial score (nSPS) is 15.0. The van der Waals surface area contributed by atoms with Gasteiger partial charge in [0, 0.05) is 19.8 Å². The van der Waals surface area contributed by atoms with E-state index in [0.717, 1.165) is 0 Å². The number of ether oxygens (including phenoxy) is 6. The number of benzene rings is 1. The van der Waals surface area contributed by atoms with E-state index in [-0.39, 0.29) is 24.9 Å². The van der Waals surface area contributed by atoms with E-state index in [0.29, 0.717) is 31.5 Å². The highest BCUT2D eigenvalue weighted by Gasteiger charge is 2.26. The van der Waals surface area contributed by atoms with Crippen LogP contribution in [-0.4, -0.2) is 77.7 Å². The van der Waals surface area contributed by atoms with Gasteiger partial charge in [0.1, 0.15) is 25.6 Å². The van der Waals surface area contributed by atoms with Crippen molar-refractivity contribution in [3.63, 3.8) is 0 Å². The molecule has 0 amide bonds. The molecule has 1 aliphatic rings. The first-order chi connectivity index (χ1) is 13.5. The van der Waals surface area contributed by atoms with Gasteiger partial charge in [-0.15, -0.1) is 0 Å². The first-order valence-corrected chi connectivity index (χ1v) is 8.16. The summed E-state index contributed by atoms with van der Waals surface area (Å²) < 4.78 is 28.3. The Hall–Kier alpha value is -2.98. The number of hydrogen-bond donors (Lipinski definition) is 0. The smallest absolute Gasteiger partial charge is 0.460 e. The van der Waals surface area contributed by atoms with Crippen molar-refractivity contribution in [1.29, 1.82) is 0 Å². The van der Waals surface area contributed by atoms with Crippen LogP contribution in [0.5, 0.6) is 0 Å². The maximum atomic E-state index is 11.6. The molecule has 28 heavy (non-hydrogen) atoms. The largest absolute Gasteiger partial charge is 0.508 e. The van der Waals surface area contributed by atoms with Gasteiger partial charge in [-0.3, -0.25) is 9.59 Å². The zero-order valence-electron chi connectivity index (χ0n) is 15.5. The molecule has 154 valence electrons. The van der Waals surface area contributed by atoms with Crippen molar-refractivity contribution in [3.05, 3.63) is 35.4 Å². The van der Waals surface area contributed by atoms with Gasteiger partial charge in [0.2, 0.25) is 0 Å². The van der Waals surface area contributed by atoms with Crippen molar-refractivity contribution in [2.24, 2.45) is 0 Å². The van der Waals surface area contributed by atoms with Gasteiger partial charge in [-0.1, -0.05) is 12.1 Å². The van der Waals surface area contributed by atoms with Crippen LogP contribution in [0.15, 0.2) is 24.3 Å². The number of aldehydes is 1. The van der Waals surface area contributed by atoms with Crippen molar-refractivity contribution in [2.75, 3.05) is 40.6 Å². The number of rotatable bonds is 10. The molecule has 1 aromatic carbocycles. The molecular formula is C18H22O10. The van der Waals surface area contributed by atoms with E-state index in [2.05, 4.69) is 9.47 Å². The lowest BCUT2D eigenvalue weighted by Gasteiger charge is -2.11. The van der Waals surface area contributed by atoms with Crippen molar-refractivity contribution >= 4 is 24.9 Å². The average Bonchev–Trinajstić information content (AvgIpc) is 3.12. The molecule has 1 aromatic rings. The van der Waals surface area contributed by atoms with Crippen molar-refractivity contribution < 1.29 is 47.6 Å². The molecular weight excluding hydrogens is 376 g/mol. The zero-order chi connectivity index (χ0) is 20.8. The summed E-state index contributed by atoms with van der Waals surface area (Å²) in [6.45, 7) is 1.12. The summed E-state index contributed by atoms with van der Waals surface area (Å²) in [5, 5.41) is 0. The Morgan fingerprint density at radius 3 is 2.50 bits per heavy atom. The summed E-state index contributed by atoms with van der Waals surface area (Å²) in [5.74, 6) is -0.582. The fourth-order valence-corrected chi connectivity index (χ4v) is 2.02. The molecule has 1 fully saturated rings. The zero-order valence-corrected chi connectivity index (χ0v) is 15.5. The van der Waals surface area contributed by atoms with Gasteiger partial charge in [0.05, 0.1) is 18.8 Å². The topological polar surface area (TPSA) is 124 Å². The molecule has 0 saturated carbocycles. The number of esters is 1. The van der Waals surface area contributed by atoms with Gasteiger partial charge >= 0.3 is 12.1 Å². The lowest BCUT2D eigenvalue weighted by Crippen LogP contribution is -2.23. The number of methoxy groups -OCH3 is 2. The molecule has 10 nitrogen and oxygen atoms in total. The predicted octanol–water partition coefficient (Wildman–Crippen LogP) is 1.01. The summed E-state index contributed by atoms with van der Waals surface area (Å²) in [6, 6.07) is 6.12. The second-order valence-corrected chi connectivity index (χ2v) is 5.41. The van der Waals surface area contributed by atoms with Crippen molar-refractivity contribution in [1.82, 2.24) is 0 Å². The van der Waals surface area contributed by atoms with Gasteiger partial charge < -0.3 is 28.4 Å². The SMILES string of the molecule is COCC(COC)OC=O.O=Cc1cccc(C(=O)OCC2COC(=O)O2)c1. The molecule has 2 rings (SSSR count). The Morgan fingerprint density at radius 2 is 1.96 bits per heavy atom. The molecule has 1 atom stereocenters. The number of cyclic esters (lactones) is 2. The molecule has 1 saturated heterocycles. The van der Waals surface area contributed by atoms with E-state index in [4.69, 9.17) is 18.9 Å². The molecule has 0 bridgehead atoms. The molecule has 0 aromatic heterocycles. The Bertz CT molecular complexity index is 639. The Balaban J connectivity index is 0.000000336. The van der Waals surface area contributed by atoms with Crippen molar-refractivity contribution in [2.45, 2.75) is 12.2 Å². The van der Waals surface area contributed by atoms with Crippen LogP contribution in [0.3, 0.4) is 0 Å². The maximum Gasteiger partial charge on any atom is 0.508 e. The van der Waals surface area contributed by atoms with E-state index in [1.165, 1.54) is 26.4 Å². The van der Waals surface area contributed by atoms with E-state index in [9.17, 15) is 19.2 Å². The number of hydrogen-bond acceptors (Lipinski definition) is 10. The second-order valence-electron chi connectivity index (χ2n) is 5.41. The number of carbonyl (C=O) groups is 4. The van der Waals surface area contributed by atoms with E-state index in [1.807, 2.05) is 0 Å². The van der Waals surface area contributed by atoms with Crippen LogP contribution in [0.1, 0.15) is 20.7 Å². The van der Waals surface area contributed by atoms with E-state index >= 15 is 0 Å². The first-order valence-electron chi connectivity index (χ1n) is 8.16. The van der Waals surface area contributed by atoms with E-state index in [1.54, 1.807) is 12.1 Å². The summed E-state index contributed by atoms with van der Waals surface area (Å²) in [6.07, 6.45) is -0.981. The first kappa shape index (κ1) is 23.1. The Labute approximate surface area is 161 Å². The van der Waals surface area contributed by atoms with Gasteiger partial charge in [0.25, 0.3) is 6.47 Å². The predicted molar refractivity (Wildman–Crippen MR) is 93.0 cm³/mol. The van der Waals surface area contributed by atoms with Gasteiger partial charge in [0.15, 0.2) is 6.10 Å². The van der Waals surface area contributed by atoms with Gasteiger partial charge in [-0.25, -0.2) is 9.59 Å². The van der Waals surface area contributed by atoms with E-state index < -0.39 is 18.2 Å². The van der Waals surface area contributed by atoms with Gasteiger partial charge in [-0.05, 0) is 12.1 Å². The van der Waals surface area contributed by atoms with Crippen LogP contribution >= 0.6 is 0 Å². The highest BCUT2D eigenvalue weighted by atomic mass is 16.8. The monoisotopic (exact) mass is 398 g/mol. The molecule has 0 radical (unpaired) electrons. The highest BCUT2D eigenvalue weighted by molar-refractivity contribution is 5.91. The van der Waals surface area contributed by atoms with Crippen LogP contribution in [-0.2, 0) is 33.2 Å². The van der Waals surface area contributed by atoms with Crippen LogP contribution in [0.25, 0.3) is 0 Å². The Kier molecular flexibility index (Phi) is 10.9. The second kappa shape index (κ2) is 13.2. The third-order valence-corrected chi connectivity index (χ3v) is 3.26. The summed E-state index contributed by atoms with van der Waals surface area (Å²) in [4.78, 5) is 42.6. The maximum absolute atomic E-state index is 11.6. The fraction of sp³-hybridized carbons (Fsp3) is 0.444. The molecule has 10 heteroatoms. The van der Waals surface area contributed by atoms with Crippen LogP contribution in [0.2, 0.25) is 0 Å². The molecule has 1 heterocycles. The number of carbonyl (C=O) groups excluding carboxylic acids is 4. The lowest BCUT2D eigenvalue weighted by atomic mass is 10.1. The molecule has 0 aliphatic carbocycles. The van der Waals surface area contributed by atoms with Crippen LogP contribution in [0, 0.1) is 0 Å². The third-order valence-electron chi connectivity index (χ3n) is 3.26. The fourth-order valence-electron chi connectivity index (χ4n) is 2.02. The molecule has 0 N–H and O–H groups in total. The third kappa shape index (κ3) is 8.60. The minimum atomic E-state index is -0.765. The quantitative estimate of drug-likeness (QED) is 0.320. The van der Waals surface area contributed by atoms with Crippen LogP contribution < -0.4 is 0 Å².